The van der Waals surface area contributed by atoms with Gasteiger partial charge in [0.25, 0.3) is 0 Å². The molecule has 0 aliphatic carbocycles. The van der Waals surface area contributed by atoms with Crippen LogP contribution in [0.5, 0.6) is 5.75 Å². The Kier molecular flexibility index (Phi) is 4.19. The van der Waals surface area contributed by atoms with E-state index in [-0.39, 0.29) is 11.7 Å². The fourth-order valence-electron chi connectivity index (χ4n) is 4.45. The van der Waals surface area contributed by atoms with Crippen molar-refractivity contribution >= 4 is 17.8 Å². The van der Waals surface area contributed by atoms with Crippen LogP contribution in [0.1, 0.15) is 17.2 Å². The zero-order valence-electron chi connectivity index (χ0n) is 15.5. The van der Waals surface area contributed by atoms with Crippen LogP contribution >= 0.6 is 0 Å². The van der Waals surface area contributed by atoms with Crippen LogP contribution in [0.3, 0.4) is 0 Å². The minimum absolute atomic E-state index is 0.0894. The molecule has 0 radical (unpaired) electrons. The molecule has 2 saturated heterocycles. The predicted octanol–water partition coefficient (Wildman–Crippen LogP) is 1.34. The summed E-state index contributed by atoms with van der Waals surface area (Å²) in [7, 11) is 2.70. The van der Waals surface area contributed by atoms with Gasteiger partial charge in [0.15, 0.2) is 5.54 Å². The van der Waals surface area contributed by atoms with Gasteiger partial charge in [0, 0.05) is 13.1 Å². The molecule has 2 N–H and O–H groups in total. The van der Waals surface area contributed by atoms with Crippen molar-refractivity contribution in [3.8, 4) is 5.75 Å². The number of benzene rings is 2. The van der Waals surface area contributed by atoms with E-state index in [0.717, 1.165) is 4.90 Å². The van der Waals surface area contributed by atoms with Crippen molar-refractivity contribution in [1.82, 2.24) is 10.2 Å². The van der Waals surface area contributed by atoms with E-state index >= 15 is 0 Å². The quantitative estimate of drug-likeness (QED) is 0.616. The highest BCUT2D eigenvalue weighted by atomic mass is 16.5. The van der Waals surface area contributed by atoms with E-state index in [1.807, 2.05) is 6.07 Å². The lowest BCUT2D eigenvalue weighted by molar-refractivity contribution is -0.154. The van der Waals surface area contributed by atoms with E-state index in [0.29, 0.717) is 11.1 Å². The Balaban J connectivity index is 1.94. The molecule has 28 heavy (non-hydrogen) atoms. The third kappa shape index (κ3) is 2.36. The number of carbonyl (C=O) groups is 3. The van der Waals surface area contributed by atoms with Crippen LogP contribution in [0.2, 0.25) is 0 Å². The number of fused-ring (bicyclic) bond motifs is 1. The van der Waals surface area contributed by atoms with Gasteiger partial charge >= 0.3 is 5.97 Å². The molecule has 7 heteroatoms. The summed E-state index contributed by atoms with van der Waals surface area (Å²) >= 11 is 0. The van der Waals surface area contributed by atoms with Gasteiger partial charge in [-0.15, -0.1) is 0 Å². The van der Waals surface area contributed by atoms with Crippen molar-refractivity contribution in [2.24, 2.45) is 11.8 Å². The van der Waals surface area contributed by atoms with Crippen LogP contribution < -0.4 is 5.32 Å². The van der Waals surface area contributed by atoms with Gasteiger partial charge in [-0.05, 0) is 23.3 Å². The molecule has 4 atom stereocenters. The number of ether oxygens (including phenoxy) is 1. The number of phenols is 1. The highest BCUT2D eigenvalue weighted by molar-refractivity contribution is 6.09. The number of nitrogens with zero attached hydrogens (tertiary/aromatic N) is 1. The number of aromatic hydroxyl groups is 1. The third-order valence-corrected chi connectivity index (χ3v) is 5.77. The van der Waals surface area contributed by atoms with Gasteiger partial charge in [-0.25, -0.2) is 4.79 Å². The molecule has 2 heterocycles. The number of esters is 1. The highest BCUT2D eigenvalue weighted by Gasteiger charge is 2.68. The molecule has 2 aliphatic heterocycles. The minimum Gasteiger partial charge on any atom is -0.508 e. The van der Waals surface area contributed by atoms with Crippen molar-refractivity contribution in [2.45, 2.75) is 11.6 Å². The van der Waals surface area contributed by atoms with Gasteiger partial charge in [-0.1, -0.05) is 42.5 Å². The van der Waals surface area contributed by atoms with Crippen molar-refractivity contribution < 1.29 is 24.2 Å². The molecule has 0 aromatic heterocycles. The average Bonchev–Trinajstić information content (AvgIpc) is 3.19. The van der Waals surface area contributed by atoms with Crippen molar-refractivity contribution in [3.05, 3.63) is 65.7 Å². The summed E-state index contributed by atoms with van der Waals surface area (Å²) < 4.78 is 5.10. The molecular weight excluding hydrogens is 360 g/mol. The molecule has 0 spiro atoms. The maximum atomic E-state index is 13.1. The second-order valence-corrected chi connectivity index (χ2v) is 7.12. The summed E-state index contributed by atoms with van der Waals surface area (Å²) in [6.45, 7) is 0. The lowest BCUT2D eigenvalue weighted by atomic mass is 9.75. The number of likely N-dealkylation sites (tertiary alicyclic amines) is 1. The number of rotatable bonds is 3. The Labute approximate surface area is 161 Å². The van der Waals surface area contributed by atoms with E-state index in [4.69, 9.17) is 4.74 Å². The van der Waals surface area contributed by atoms with E-state index in [1.165, 1.54) is 26.3 Å². The maximum Gasteiger partial charge on any atom is 0.331 e. The molecule has 4 rings (SSSR count). The van der Waals surface area contributed by atoms with Crippen LogP contribution in [-0.4, -0.2) is 41.9 Å². The largest absolute Gasteiger partial charge is 0.508 e. The number of methoxy groups -OCH3 is 1. The first kappa shape index (κ1) is 18.2. The predicted molar refractivity (Wildman–Crippen MR) is 98.9 cm³/mol. The molecule has 0 unspecified atom stereocenters. The number of amides is 2. The molecule has 7 nitrogen and oxygen atoms in total. The number of phenolic OH excluding ortho intramolecular Hbond substituents is 1. The summed E-state index contributed by atoms with van der Waals surface area (Å²) in [6.07, 6.45) is 0. The monoisotopic (exact) mass is 380 g/mol. The van der Waals surface area contributed by atoms with Crippen LogP contribution in [0, 0.1) is 11.8 Å². The molecule has 0 saturated carbocycles. The van der Waals surface area contributed by atoms with Crippen molar-refractivity contribution in [2.75, 3.05) is 14.2 Å². The van der Waals surface area contributed by atoms with E-state index in [1.54, 1.807) is 36.4 Å². The summed E-state index contributed by atoms with van der Waals surface area (Å²) in [5, 5.41) is 12.9. The zero-order chi connectivity index (χ0) is 20.1. The third-order valence-electron chi connectivity index (χ3n) is 5.77. The summed E-state index contributed by atoms with van der Waals surface area (Å²) in [4.78, 5) is 40.1. The SMILES string of the molecule is COC(=O)[C@]1(c2ccccc2)N[C@H](c2ccc(O)cc2)[C@@H]2C(=O)N(C)C(=O)[C@H]21. The average molecular weight is 380 g/mol. The second-order valence-electron chi connectivity index (χ2n) is 7.12. The fraction of sp³-hybridized carbons (Fsp3) is 0.286. The second kappa shape index (κ2) is 6.45. The van der Waals surface area contributed by atoms with Crippen LogP contribution in [0.4, 0.5) is 0 Å². The van der Waals surface area contributed by atoms with Crippen molar-refractivity contribution in [1.29, 1.82) is 0 Å². The summed E-state index contributed by atoms with van der Waals surface area (Å²) in [6, 6.07) is 14.6. The molecule has 2 amide bonds. The van der Waals surface area contributed by atoms with Crippen LogP contribution in [0.15, 0.2) is 54.6 Å². The normalized spacial score (nSPS) is 29.1. The number of imide groups is 1. The van der Waals surface area contributed by atoms with Gasteiger partial charge in [-0.3, -0.25) is 19.8 Å². The standard InChI is InChI=1S/C21H20N2O5/c1-23-18(25)15-16(19(23)26)21(20(27)28-2,13-6-4-3-5-7-13)22-17(15)12-8-10-14(24)11-9-12/h3-11,15-17,22,24H,1-2H3/t15-,16+,17-,21-/m1/s1. The fourth-order valence-corrected chi connectivity index (χ4v) is 4.45. The Bertz CT molecular complexity index is 943. The Morgan fingerprint density at radius 3 is 2.32 bits per heavy atom. The topological polar surface area (TPSA) is 95.9 Å². The number of hydrogen-bond donors (Lipinski definition) is 2. The van der Waals surface area contributed by atoms with E-state index in [2.05, 4.69) is 5.32 Å². The Morgan fingerprint density at radius 1 is 1.07 bits per heavy atom. The number of hydrogen-bond acceptors (Lipinski definition) is 6. The van der Waals surface area contributed by atoms with Gasteiger partial charge in [0.2, 0.25) is 11.8 Å². The van der Waals surface area contributed by atoms with Crippen LogP contribution in [-0.2, 0) is 24.7 Å². The van der Waals surface area contributed by atoms with Crippen molar-refractivity contribution in [3.63, 3.8) is 0 Å². The van der Waals surface area contributed by atoms with E-state index < -0.39 is 35.3 Å². The maximum absolute atomic E-state index is 13.1. The molecule has 2 aliphatic rings. The first-order valence-electron chi connectivity index (χ1n) is 8.93. The molecule has 144 valence electrons. The van der Waals surface area contributed by atoms with E-state index in [9.17, 15) is 19.5 Å². The van der Waals surface area contributed by atoms with Gasteiger partial charge in [-0.2, -0.15) is 0 Å². The first-order chi connectivity index (χ1) is 13.4. The lowest BCUT2D eigenvalue weighted by Crippen LogP contribution is -2.53. The Hall–Kier alpha value is -3.19. The zero-order valence-corrected chi connectivity index (χ0v) is 15.5. The lowest BCUT2D eigenvalue weighted by Gasteiger charge is -2.32. The van der Waals surface area contributed by atoms with Gasteiger partial charge in [0.1, 0.15) is 5.75 Å². The molecule has 2 fully saturated rings. The first-order valence-corrected chi connectivity index (χ1v) is 8.93. The Morgan fingerprint density at radius 2 is 1.71 bits per heavy atom. The number of carbonyl (C=O) groups excluding carboxylic acids is 3. The van der Waals surface area contributed by atoms with Gasteiger partial charge < -0.3 is 9.84 Å². The van der Waals surface area contributed by atoms with Gasteiger partial charge in [0.05, 0.1) is 18.9 Å². The summed E-state index contributed by atoms with van der Waals surface area (Å²) in [5.41, 5.74) is -0.221. The smallest absolute Gasteiger partial charge is 0.331 e. The number of nitrogens with one attached hydrogen (secondary N) is 1. The molecular formula is C21H20N2O5. The molecule has 0 bridgehead atoms. The highest BCUT2D eigenvalue weighted by Crippen LogP contribution is 2.53. The molecule has 2 aromatic rings. The van der Waals surface area contributed by atoms with Crippen LogP contribution in [0.25, 0.3) is 0 Å². The summed E-state index contributed by atoms with van der Waals surface area (Å²) in [5.74, 6) is -2.99. The molecule has 2 aromatic carbocycles. The minimum atomic E-state index is -1.49.